The molecule has 3 nitrogen and oxygen atoms in total. The normalized spacial score (nSPS) is 34.5. The number of piperidine rings is 1. The van der Waals surface area contributed by atoms with Crippen molar-refractivity contribution < 1.29 is 9.84 Å². The summed E-state index contributed by atoms with van der Waals surface area (Å²) in [6.07, 6.45) is 2.76. The fourth-order valence-electron chi connectivity index (χ4n) is 3.37. The maximum atomic E-state index is 9.20. The minimum atomic E-state index is -0.149. The second-order valence-electron chi connectivity index (χ2n) is 5.66. The Labute approximate surface area is 122 Å². The van der Waals surface area contributed by atoms with Crippen LogP contribution in [0.2, 0.25) is 4.34 Å². The third-order valence-electron chi connectivity index (χ3n) is 4.28. The minimum Gasteiger partial charge on any atom is -0.396 e. The summed E-state index contributed by atoms with van der Waals surface area (Å²) < 4.78 is 7.12. The third-order valence-corrected chi connectivity index (χ3v) is 5.75. The Bertz CT molecular complexity index is 464. The van der Waals surface area contributed by atoms with Crippen LogP contribution < -0.4 is 5.32 Å². The molecule has 1 aromatic heterocycles. The molecule has 3 rings (SSSR count). The van der Waals surface area contributed by atoms with E-state index in [0.29, 0.717) is 18.6 Å². The van der Waals surface area contributed by atoms with Crippen molar-refractivity contribution in [3.8, 4) is 0 Å². The van der Waals surface area contributed by atoms with Gasteiger partial charge in [-0.15, -0.1) is 11.3 Å². The van der Waals surface area contributed by atoms with E-state index in [0.717, 1.165) is 30.1 Å². The Balaban J connectivity index is 1.98. The monoisotopic (exact) mass is 301 g/mol. The highest BCUT2D eigenvalue weighted by Crippen LogP contribution is 2.50. The van der Waals surface area contributed by atoms with E-state index >= 15 is 0 Å². The molecular weight excluding hydrogens is 282 g/mol. The van der Waals surface area contributed by atoms with Crippen LogP contribution in [-0.4, -0.2) is 30.9 Å². The lowest BCUT2D eigenvalue weighted by molar-refractivity contribution is -0.0948. The van der Waals surface area contributed by atoms with Crippen LogP contribution in [0.25, 0.3) is 0 Å². The standard InChI is InChI=1S/C14H20ClNO2S/c1-9-7-14(3-4-16-9)13-11(6-12(15)19-13)10(2-5-17)8-18-14/h6,9-10,16-17H,2-5,7-8H2,1H3/t9-,10?,14+/m0/s1. The summed E-state index contributed by atoms with van der Waals surface area (Å²) in [5, 5.41) is 12.7. The molecular formula is C14H20ClNO2S. The zero-order valence-corrected chi connectivity index (χ0v) is 12.7. The number of ether oxygens (including phenoxy) is 1. The molecule has 0 aromatic carbocycles. The van der Waals surface area contributed by atoms with Gasteiger partial charge in [0.25, 0.3) is 0 Å². The van der Waals surface area contributed by atoms with Gasteiger partial charge in [-0.1, -0.05) is 11.6 Å². The lowest BCUT2D eigenvalue weighted by Gasteiger charge is -2.44. The number of rotatable bonds is 2. The van der Waals surface area contributed by atoms with E-state index in [1.807, 2.05) is 0 Å². The van der Waals surface area contributed by atoms with Crippen LogP contribution in [0.5, 0.6) is 0 Å². The van der Waals surface area contributed by atoms with Gasteiger partial charge in [0.2, 0.25) is 0 Å². The lowest BCUT2D eigenvalue weighted by atomic mass is 9.80. The van der Waals surface area contributed by atoms with Gasteiger partial charge >= 0.3 is 0 Å². The van der Waals surface area contributed by atoms with Gasteiger partial charge < -0.3 is 15.2 Å². The van der Waals surface area contributed by atoms with Gasteiger partial charge in [0.1, 0.15) is 5.60 Å². The van der Waals surface area contributed by atoms with Crippen molar-refractivity contribution in [2.75, 3.05) is 19.8 Å². The van der Waals surface area contributed by atoms with E-state index in [2.05, 4.69) is 18.3 Å². The Hall–Kier alpha value is -0.130. The van der Waals surface area contributed by atoms with Crippen molar-refractivity contribution >= 4 is 22.9 Å². The van der Waals surface area contributed by atoms with E-state index < -0.39 is 0 Å². The summed E-state index contributed by atoms with van der Waals surface area (Å²) in [6, 6.07) is 2.55. The number of hydrogen-bond acceptors (Lipinski definition) is 4. The van der Waals surface area contributed by atoms with E-state index in [-0.39, 0.29) is 12.2 Å². The van der Waals surface area contributed by atoms with Gasteiger partial charge in [0.15, 0.2) is 0 Å². The summed E-state index contributed by atoms with van der Waals surface area (Å²) >= 11 is 7.90. The maximum Gasteiger partial charge on any atom is 0.105 e. The first-order chi connectivity index (χ1) is 9.14. The van der Waals surface area contributed by atoms with E-state index in [1.165, 1.54) is 10.4 Å². The molecule has 2 aliphatic heterocycles. The summed E-state index contributed by atoms with van der Waals surface area (Å²) in [4.78, 5) is 1.30. The average Bonchev–Trinajstić information content (AvgIpc) is 2.77. The lowest BCUT2D eigenvalue weighted by Crippen LogP contribution is -2.48. The maximum absolute atomic E-state index is 9.20. The van der Waals surface area contributed by atoms with E-state index in [9.17, 15) is 5.11 Å². The van der Waals surface area contributed by atoms with Gasteiger partial charge in [-0.25, -0.2) is 0 Å². The van der Waals surface area contributed by atoms with E-state index in [1.54, 1.807) is 11.3 Å². The van der Waals surface area contributed by atoms with Crippen molar-refractivity contribution in [2.45, 2.75) is 43.7 Å². The van der Waals surface area contributed by atoms with Crippen molar-refractivity contribution in [2.24, 2.45) is 0 Å². The van der Waals surface area contributed by atoms with Crippen molar-refractivity contribution in [1.29, 1.82) is 0 Å². The summed E-state index contributed by atoms with van der Waals surface area (Å²) in [7, 11) is 0. The van der Waals surface area contributed by atoms with Gasteiger partial charge in [-0.05, 0) is 44.4 Å². The van der Waals surface area contributed by atoms with Crippen LogP contribution >= 0.6 is 22.9 Å². The molecule has 1 saturated heterocycles. The largest absolute Gasteiger partial charge is 0.396 e. The molecule has 1 fully saturated rings. The topological polar surface area (TPSA) is 41.5 Å². The molecule has 3 atom stereocenters. The number of halogens is 1. The van der Waals surface area contributed by atoms with Crippen molar-refractivity contribution in [3.63, 3.8) is 0 Å². The molecule has 1 spiro atoms. The van der Waals surface area contributed by atoms with Crippen LogP contribution in [0.3, 0.4) is 0 Å². The second kappa shape index (κ2) is 5.34. The molecule has 2 N–H and O–H groups in total. The van der Waals surface area contributed by atoms with Gasteiger partial charge in [-0.3, -0.25) is 0 Å². The second-order valence-corrected chi connectivity index (χ2v) is 7.34. The molecule has 3 heterocycles. The number of aliphatic hydroxyl groups excluding tert-OH is 1. The first kappa shape index (κ1) is 13.8. The third kappa shape index (κ3) is 2.45. The minimum absolute atomic E-state index is 0.149. The molecule has 106 valence electrons. The molecule has 0 bridgehead atoms. The van der Waals surface area contributed by atoms with Gasteiger partial charge in [0.05, 0.1) is 10.9 Å². The Morgan fingerprint density at radius 2 is 2.47 bits per heavy atom. The number of fused-ring (bicyclic) bond motifs is 2. The molecule has 19 heavy (non-hydrogen) atoms. The molecule has 0 amide bonds. The van der Waals surface area contributed by atoms with Crippen LogP contribution in [-0.2, 0) is 10.3 Å². The first-order valence-corrected chi connectivity index (χ1v) is 8.12. The first-order valence-electron chi connectivity index (χ1n) is 6.92. The molecule has 1 aromatic rings. The fraction of sp³-hybridized carbons (Fsp3) is 0.714. The van der Waals surface area contributed by atoms with Crippen LogP contribution in [0.4, 0.5) is 0 Å². The summed E-state index contributed by atoms with van der Waals surface area (Å²) in [5.74, 6) is 0.291. The molecule has 5 heteroatoms. The van der Waals surface area contributed by atoms with Gasteiger partial charge in [-0.2, -0.15) is 0 Å². The molecule has 1 unspecified atom stereocenters. The van der Waals surface area contributed by atoms with Gasteiger partial charge in [0, 0.05) is 23.4 Å². The quantitative estimate of drug-likeness (QED) is 0.882. The average molecular weight is 302 g/mol. The molecule has 0 aliphatic carbocycles. The van der Waals surface area contributed by atoms with Crippen LogP contribution in [0.15, 0.2) is 6.07 Å². The highest BCUT2D eigenvalue weighted by Gasteiger charge is 2.44. The van der Waals surface area contributed by atoms with Crippen LogP contribution in [0.1, 0.15) is 42.5 Å². The Morgan fingerprint density at radius 3 is 3.21 bits per heavy atom. The van der Waals surface area contributed by atoms with Crippen LogP contribution in [0, 0.1) is 0 Å². The zero-order chi connectivity index (χ0) is 13.5. The predicted molar refractivity (Wildman–Crippen MR) is 78.1 cm³/mol. The van der Waals surface area contributed by atoms with Crippen molar-refractivity contribution in [3.05, 3.63) is 20.8 Å². The number of thiophene rings is 1. The molecule has 2 aliphatic rings. The summed E-state index contributed by atoms with van der Waals surface area (Å²) in [5.41, 5.74) is 1.16. The van der Waals surface area contributed by atoms with Crippen molar-refractivity contribution in [1.82, 2.24) is 5.32 Å². The zero-order valence-electron chi connectivity index (χ0n) is 11.1. The molecule has 0 saturated carbocycles. The Morgan fingerprint density at radius 1 is 1.63 bits per heavy atom. The fourth-order valence-corrected chi connectivity index (χ4v) is 4.87. The summed E-state index contributed by atoms with van der Waals surface area (Å²) in [6.45, 7) is 4.10. The highest BCUT2D eigenvalue weighted by atomic mass is 35.5. The van der Waals surface area contributed by atoms with E-state index in [4.69, 9.17) is 16.3 Å². The highest BCUT2D eigenvalue weighted by molar-refractivity contribution is 7.16. The predicted octanol–water partition coefficient (Wildman–Crippen LogP) is 2.86. The number of hydrogen-bond donors (Lipinski definition) is 2. The SMILES string of the molecule is C[C@H]1C[C@@]2(CCN1)OCC(CCO)c1cc(Cl)sc12. The number of aliphatic hydroxyl groups is 1. The Kier molecular flexibility index (Phi) is 3.89. The number of nitrogens with one attached hydrogen (secondary N) is 1. The smallest absolute Gasteiger partial charge is 0.105 e. The molecule has 0 radical (unpaired) electrons.